The van der Waals surface area contributed by atoms with E-state index in [1.807, 2.05) is 27.7 Å². The van der Waals surface area contributed by atoms with E-state index in [2.05, 4.69) is 5.32 Å². The topological polar surface area (TPSA) is 88.0 Å². The van der Waals surface area contributed by atoms with Crippen molar-refractivity contribution in [3.63, 3.8) is 0 Å². The molecule has 0 aromatic carbocycles. The van der Waals surface area contributed by atoms with Crippen LogP contribution in [-0.4, -0.2) is 60.8 Å². The van der Waals surface area contributed by atoms with Crippen molar-refractivity contribution in [3.8, 4) is 0 Å². The van der Waals surface area contributed by atoms with E-state index >= 15 is 0 Å². The van der Waals surface area contributed by atoms with Crippen LogP contribution < -0.4 is 5.32 Å². The molecule has 0 aliphatic rings. The van der Waals surface area contributed by atoms with Crippen LogP contribution in [0.25, 0.3) is 0 Å². The Morgan fingerprint density at radius 3 is 2.23 bits per heavy atom. The van der Waals surface area contributed by atoms with Gasteiger partial charge in [-0.25, -0.2) is 0 Å². The normalized spacial score (nSPS) is 14.9. The minimum absolute atomic E-state index is 0.210. The SMILES string of the molecule is CCC(C)(CCNC(=O)C(CO)CO)OCCC(C)(C)OC. The standard InChI is InChI=1S/C16H33NO5/c1-6-16(4,22-10-8-15(2,3)21-5)7-9-17-14(20)13(11-18)12-19/h13,18-19H,6-12H2,1-5H3,(H,17,20). The van der Waals surface area contributed by atoms with Crippen LogP contribution in [-0.2, 0) is 14.3 Å². The molecule has 6 heteroatoms. The number of hydrogen-bond acceptors (Lipinski definition) is 5. The van der Waals surface area contributed by atoms with Crippen molar-refractivity contribution >= 4 is 5.91 Å². The highest BCUT2D eigenvalue weighted by molar-refractivity contribution is 5.78. The number of amides is 1. The molecule has 0 spiro atoms. The first-order chi connectivity index (χ1) is 10.2. The van der Waals surface area contributed by atoms with Gasteiger partial charge in [0.15, 0.2) is 0 Å². The lowest BCUT2D eigenvalue weighted by atomic mass is 9.98. The number of nitrogens with one attached hydrogen (secondary N) is 1. The summed E-state index contributed by atoms with van der Waals surface area (Å²) in [5, 5.41) is 20.6. The van der Waals surface area contributed by atoms with Crippen LogP contribution in [0, 0.1) is 5.92 Å². The number of carbonyl (C=O) groups excluding carboxylic acids is 1. The minimum Gasteiger partial charge on any atom is -0.395 e. The first kappa shape index (κ1) is 21.3. The zero-order chi connectivity index (χ0) is 17.2. The van der Waals surface area contributed by atoms with Gasteiger partial charge in [0.1, 0.15) is 0 Å². The Labute approximate surface area is 134 Å². The monoisotopic (exact) mass is 319 g/mol. The summed E-state index contributed by atoms with van der Waals surface area (Å²) in [5.74, 6) is -1.08. The average Bonchev–Trinajstić information content (AvgIpc) is 2.48. The van der Waals surface area contributed by atoms with Gasteiger partial charge in [-0.2, -0.15) is 0 Å². The Balaban J connectivity index is 4.20. The van der Waals surface area contributed by atoms with Crippen LogP contribution in [0.1, 0.15) is 47.0 Å². The zero-order valence-corrected chi connectivity index (χ0v) is 14.6. The highest BCUT2D eigenvalue weighted by Crippen LogP contribution is 2.22. The predicted molar refractivity (Wildman–Crippen MR) is 85.6 cm³/mol. The highest BCUT2D eigenvalue weighted by atomic mass is 16.5. The number of methoxy groups -OCH3 is 1. The van der Waals surface area contributed by atoms with Gasteiger partial charge in [0.25, 0.3) is 0 Å². The minimum atomic E-state index is -0.753. The van der Waals surface area contributed by atoms with Crippen molar-refractivity contribution in [1.82, 2.24) is 5.32 Å². The summed E-state index contributed by atoms with van der Waals surface area (Å²) >= 11 is 0. The molecule has 0 radical (unpaired) electrons. The summed E-state index contributed by atoms with van der Waals surface area (Å²) in [5.41, 5.74) is -0.524. The predicted octanol–water partition coefficient (Wildman–Crippen LogP) is 1.09. The molecule has 0 aliphatic heterocycles. The lowest BCUT2D eigenvalue weighted by molar-refractivity contribution is -0.127. The molecule has 0 fully saturated rings. The van der Waals surface area contributed by atoms with E-state index < -0.39 is 5.92 Å². The van der Waals surface area contributed by atoms with E-state index in [-0.39, 0.29) is 30.3 Å². The van der Waals surface area contributed by atoms with Gasteiger partial charge in [0.2, 0.25) is 5.91 Å². The molecule has 0 bridgehead atoms. The third-order valence-corrected chi connectivity index (χ3v) is 4.22. The Morgan fingerprint density at radius 1 is 1.18 bits per heavy atom. The molecule has 0 aromatic rings. The van der Waals surface area contributed by atoms with Gasteiger partial charge in [-0.3, -0.25) is 4.79 Å². The Morgan fingerprint density at radius 2 is 1.77 bits per heavy atom. The number of ether oxygens (including phenoxy) is 2. The van der Waals surface area contributed by atoms with Gasteiger partial charge in [-0.05, 0) is 40.0 Å². The van der Waals surface area contributed by atoms with Crippen molar-refractivity contribution in [2.45, 2.75) is 58.2 Å². The van der Waals surface area contributed by atoms with E-state index in [9.17, 15) is 4.79 Å². The number of aliphatic hydroxyl groups excluding tert-OH is 2. The fourth-order valence-corrected chi connectivity index (χ4v) is 1.81. The zero-order valence-electron chi connectivity index (χ0n) is 14.6. The van der Waals surface area contributed by atoms with E-state index in [0.29, 0.717) is 19.6 Å². The van der Waals surface area contributed by atoms with Crippen molar-refractivity contribution in [2.75, 3.05) is 33.5 Å². The molecule has 0 saturated heterocycles. The van der Waals surface area contributed by atoms with Gasteiger partial charge < -0.3 is 25.0 Å². The fraction of sp³-hybridized carbons (Fsp3) is 0.938. The lowest BCUT2D eigenvalue weighted by Gasteiger charge is -2.31. The second-order valence-corrected chi connectivity index (χ2v) is 6.47. The molecule has 0 saturated carbocycles. The van der Waals surface area contributed by atoms with E-state index in [4.69, 9.17) is 19.7 Å². The summed E-state index contributed by atoms with van der Waals surface area (Å²) in [6.45, 7) is 8.45. The molecule has 3 N–H and O–H groups in total. The van der Waals surface area contributed by atoms with Crippen LogP contribution in [0.15, 0.2) is 0 Å². The van der Waals surface area contributed by atoms with Crippen LogP contribution in [0.3, 0.4) is 0 Å². The average molecular weight is 319 g/mol. The molecule has 0 aromatic heterocycles. The van der Waals surface area contributed by atoms with Crippen molar-refractivity contribution in [1.29, 1.82) is 0 Å². The molecule has 0 heterocycles. The molecule has 0 aliphatic carbocycles. The number of hydrogen-bond donors (Lipinski definition) is 3. The van der Waals surface area contributed by atoms with Crippen LogP contribution >= 0.6 is 0 Å². The maximum Gasteiger partial charge on any atom is 0.227 e. The second kappa shape index (κ2) is 10.2. The maximum atomic E-state index is 11.7. The summed E-state index contributed by atoms with van der Waals surface area (Å²) < 4.78 is 11.3. The highest BCUT2D eigenvalue weighted by Gasteiger charge is 2.25. The lowest BCUT2D eigenvalue weighted by Crippen LogP contribution is -2.39. The van der Waals surface area contributed by atoms with E-state index in [1.165, 1.54) is 0 Å². The smallest absolute Gasteiger partial charge is 0.227 e. The Hall–Kier alpha value is -0.690. The van der Waals surface area contributed by atoms with Gasteiger partial charge in [0, 0.05) is 13.7 Å². The quantitative estimate of drug-likeness (QED) is 0.501. The molecular weight excluding hydrogens is 286 g/mol. The van der Waals surface area contributed by atoms with Gasteiger partial charge in [-0.15, -0.1) is 0 Å². The van der Waals surface area contributed by atoms with Crippen LogP contribution in [0.2, 0.25) is 0 Å². The van der Waals surface area contributed by atoms with Gasteiger partial charge >= 0.3 is 0 Å². The molecule has 22 heavy (non-hydrogen) atoms. The molecule has 1 atom stereocenters. The van der Waals surface area contributed by atoms with Crippen molar-refractivity contribution in [3.05, 3.63) is 0 Å². The summed E-state index contributed by atoms with van der Waals surface area (Å²) in [7, 11) is 1.69. The van der Waals surface area contributed by atoms with Gasteiger partial charge in [0.05, 0.1) is 36.9 Å². The molecule has 1 unspecified atom stereocenters. The number of aliphatic hydroxyl groups is 2. The molecule has 1 amide bonds. The van der Waals surface area contributed by atoms with Crippen molar-refractivity contribution in [2.24, 2.45) is 5.92 Å². The van der Waals surface area contributed by atoms with E-state index in [0.717, 1.165) is 12.8 Å². The Bertz CT molecular complexity index is 318. The largest absolute Gasteiger partial charge is 0.395 e. The summed E-state index contributed by atoms with van der Waals surface area (Å²) in [6.07, 6.45) is 2.30. The molecule has 0 rings (SSSR count). The molecule has 6 nitrogen and oxygen atoms in total. The van der Waals surface area contributed by atoms with Crippen molar-refractivity contribution < 1.29 is 24.5 Å². The molecule has 132 valence electrons. The second-order valence-electron chi connectivity index (χ2n) is 6.47. The van der Waals surface area contributed by atoms with Crippen LogP contribution in [0.4, 0.5) is 0 Å². The van der Waals surface area contributed by atoms with E-state index in [1.54, 1.807) is 7.11 Å². The first-order valence-corrected chi connectivity index (χ1v) is 7.92. The Kier molecular flexibility index (Phi) is 9.84. The number of rotatable bonds is 12. The summed E-state index contributed by atoms with van der Waals surface area (Å²) in [6, 6.07) is 0. The summed E-state index contributed by atoms with van der Waals surface area (Å²) in [4.78, 5) is 11.7. The van der Waals surface area contributed by atoms with Crippen LogP contribution in [0.5, 0.6) is 0 Å². The number of carbonyl (C=O) groups is 1. The third-order valence-electron chi connectivity index (χ3n) is 4.22. The third kappa shape index (κ3) is 8.08. The first-order valence-electron chi connectivity index (χ1n) is 7.92. The van der Waals surface area contributed by atoms with Gasteiger partial charge in [-0.1, -0.05) is 6.92 Å². The fourth-order valence-electron chi connectivity index (χ4n) is 1.81. The maximum absolute atomic E-state index is 11.7. The molecular formula is C16H33NO5.